The quantitative estimate of drug-likeness (QED) is 0.758. The molecule has 1 rings (SSSR count). The van der Waals surface area contributed by atoms with Crippen LogP contribution in [0.5, 0.6) is 0 Å². The molecular weight excluding hydrogens is 272 g/mol. The maximum absolute atomic E-state index is 11.9. The van der Waals surface area contributed by atoms with E-state index in [4.69, 9.17) is 0 Å². The van der Waals surface area contributed by atoms with Crippen LogP contribution in [0.15, 0.2) is 0 Å². The van der Waals surface area contributed by atoms with Crippen molar-refractivity contribution in [2.75, 3.05) is 12.8 Å². The third kappa shape index (κ3) is 6.64. The lowest BCUT2D eigenvalue weighted by Crippen LogP contribution is -2.47. The summed E-state index contributed by atoms with van der Waals surface area (Å²) in [5, 5.41) is 6.29. The second kappa shape index (κ2) is 9.27. The van der Waals surface area contributed by atoms with Gasteiger partial charge in [0.25, 0.3) is 0 Å². The number of thioether (sulfide) groups is 1. The van der Waals surface area contributed by atoms with E-state index >= 15 is 0 Å². The molecule has 0 aliphatic heterocycles. The van der Waals surface area contributed by atoms with Crippen molar-refractivity contribution in [1.82, 2.24) is 10.6 Å². The average Bonchev–Trinajstić information content (AvgIpc) is 2.43. The van der Waals surface area contributed by atoms with Gasteiger partial charge < -0.3 is 10.6 Å². The molecule has 0 spiro atoms. The molecule has 0 heterocycles. The molecule has 0 radical (unpaired) electrons. The molecule has 0 bridgehead atoms. The predicted molar refractivity (Wildman–Crippen MR) is 84.8 cm³/mol. The molecule has 4 nitrogen and oxygen atoms in total. The highest BCUT2D eigenvalue weighted by molar-refractivity contribution is 7.99. The van der Waals surface area contributed by atoms with Gasteiger partial charge in [-0.15, -0.1) is 0 Å². The van der Waals surface area contributed by atoms with Crippen molar-refractivity contribution in [3.05, 3.63) is 0 Å². The molecule has 1 saturated carbocycles. The van der Waals surface area contributed by atoms with Gasteiger partial charge in [0.05, 0.1) is 6.54 Å². The fraction of sp³-hybridized carbons (Fsp3) is 0.867. The first kappa shape index (κ1) is 17.3. The summed E-state index contributed by atoms with van der Waals surface area (Å²) in [6.07, 6.45) is 8.13. The molecule has 1 fully saturated rings. The van der Waals surface area contributed by atoms with E-state index in [1.54, 1.807) is 0 Å². The highest BCUT2D eigenvalue weighted by Crippen LogP contribution is 2.26. The summed E-state index contributed by atoms with van der Waals surface area (Å²) in [7, 11) is 0. The maximum atomic E-state index is 11.9. The molecule has 5 heteroatoms. The Balaban J connectivity index is 2.23. The van der Waals surface area contributed by atoms with Crippen LogP contribution >= 0.6 is 11.8 Å². The van der Waals surface area contributed by atoms with Crippen molar-refractivity contribution in [1.29, 1.82) is 0 Å². The van der Waals surface area contributed by atoms with Gasteiger partial charge in [-0.05, 0) is 31.4 Å². The van der Waals surface area contributed by atoms with Crippen LogP contribution in [0, 0.1) is 5.92 Å². The predicted octanol–water partition coefficient (Wildman–Crippen LogP) is 2.33. The number of rotatable bonds is 7. The fourth-order valence-electron chi connectivity index (χ4n) is 2.49. The fourth-order valence-corrected chi connectivity index (χ4v) is 3.42. The minimum atomic E-state index is -0.0613. The lowest BCUT2D eigenvalue weighted by molar-refractivity contribution is -0.126. The minimum Gasteiger partial charge on any atom is -0.351 e. The Hall–Kier alpha value is -0.710. The summed E-state index contributed by atoms with van der Waals surface area (Å²) in [5.74, 6) is 0.423. The van der Waals surface area contributed by atoms with Crippen molar-refractivity contribution < 1.29 is 9.59 Å². The number of hydrogen-bond donors (Lipinski definition) is 2. The highest BCUT2D eigenvalue weighted by Gasteiger charge is 2.25. The van der Waals surface area contributed by atoms with E-state index in [9.17, 15) is 9.59 Å². The number of hydrogen-bond acceptors (Lipinski definition) is 3. The molecule has 0 aromatic carbocycles. The lowest BCUT2D eigenvalue weighted by atomic mass is 9.95. The van der Waals surface area contributed by atoms with Crippen LogP contribution in [-0.4, -0.2) is 35.9 Å². The monoisotopic (exact) mass is 300 g/mol. The summed E-state index contributed by atoms with van der Waals surface area (Å²) >= 11 is 1.83. The van der Waals surface area contributed by atoms with Crippen molar-refractivity contribution >= 4 is 23.6 Å². The van der Waals surface area contributed by atoms with Gasteiger partial charge in [-0.3, -0.25) is 9.59 Å². The Morgan fingerprint density at radius 3 is 2.55 bits per heavy atom. The van der Waals surface area contributed by atoms with E-state index in [0.29, 0.717) is 17.6 Å². The van der Waals surface area contributed by atoms with Crippen molar-refractivity contribution in [2.24, 2.45) is 5.92 Å². The average molecular weight is 300 g/mol. The smallest absolute Gasteiger partial charge is 0.239 e. The van der Waals surface area contributed by atoms with E-state index in [-0.39, 0.29) is 24.4 Å². The summed E-state index contributed by atoms with van der Waals surface area (Å²) in [6, 6.07) is 0.263. The first-order chi connectivity index (χ1) is 9.52. The van der Waals surface area contributed by atoms with Crippen molar-refractivity contribution in [3.8, 4) is 0 Å². The Kier molecular flexibility index (Phi) is 8.04. The first-order valence-corrected chi connectivity index (χ1v) is 8.90. The Morgan fingerprint density at radius 1 is 1.20 bits per heavy atom. The van der Waals surface area contributed by atoms with Gasteiger partial charge in [-0.2, -0.15) is 11.8 Å². The second-order valence-corrected chi connectivity index (χ2v) is 7.02. The molecule has 1 aliphatic carbocycles. The molecule has 2 amide bonds. The molecule has 0 aromatic heterocycles. The summed E-state index contributed by atoms with van der Waals surface area (Å²) in [6.45, 7) is 4.28. The van der Waals surface area contributed by atoms with E-state index in [1.165, 1.54) is 19.3 Å². The first-order valence-electron chi connectivity index (χ1n) is 7.61. The lowest BCUT2D eigenvalue weighted by Gasteiger charge is -2.30. The van der Waals surface area contributed by atoms with Crippen LogP contribution in [0.2, 0.25) is 0 Å². The van der Waals surface area contributed by atoms with Gasteiger partial charge in [-0.1, -0.05) is 26.7 Å². The van der Waals surface area contributed by atoms with Gasteiger partial charge in [0, 0.05) is 17.7 Å². The zero-order valence-corrected chi connectivity index (χ0v) is 13.7. The standard InChI is InChI=1S/C15H28N2O2S/c1-11(2)8-9-14(18)16-10-15(19)17-12-6-4-5-7-13(12)20-3/h11-13H,4-10H2,1-3H3,(H,16,18)(H,17,19). The van der Waals surface area contributed by atoms with Crippen LogP contribution in [0.3, 0.4) is 0 Å². The van der Waals surface area contributed by atoms with Crippen LogP contribution in [-0.2, 0) is 9.59 Å². The van der Waals surface area contributed by atoms with Gasteiger partial charge in [0.2, 0.25) is 11.8 Å². The van der Waals surface area contributed by atoms with Crippen LogP contribution in [0.4, 0.5) is 0 Å². The third-order valence-electron chi connectivity index (χ3n) is 3.75. The van der Waals surface area contributed by atoms with Crippen LogP contribution in [0.25, 0.3) is 0 Å². The minimum absolute atomic E-state index is 0.0288. The highest BCUT2D eigenvalue weighted by atomic mass is 32.2. The molecule has 1 aliphatic rings. The maximum Gasteiger partial charge on any atom is 0.239 e. The number of nitrogens with one attached hydrogen (secondary N) is 2. The second-order valence-electron chi connectivity index (χ2n) is 5.94. The van der Waals surface area contributed by atoms with E-state index in [2.05, 4.69) is 30.7 Å². The molecule has 2 N–H and O–H groups in total. The van der Waals surface area contributed by atoms with E-state index < -0.39 is 0 Å². The molecule has 0 saturated heterocycles. The van der Waals surface area contributed by atoms with Crippen LogP contribution < -0.4 is 10.6 Å². The van der Waals surface area contributed by atoms with Gasteiger partial charge in [0.15, 0.2) is 0 Å². The van der Waals surface area contributed by atoms with E-state index in [1.807, 2.05) is 11.8 Å². The number of amides is 2. The summed E-state index contributed by atoms with van der Waals surface area (Å²) in [4.78, 5) is 23.4. The zero-order valence-electron chi connectivity index (χ0n) is 12.9. The van der Waals surface area contributed by atoms with Gasteiger partial charge in [0.1, 0.15) is 0 Å². The topological polar surface area (TPSA) is 58.2 Å². The summed E-state index contributed by atoms with van der Waals surface area (Å²) < 4.78 is 0. The van der Waals surface area contributed by atoms with Gasteiger partial charge >= 0.3 is 0 Å². The van der Waals surface area contributed by atoms with E-state index in [0.717, 1.165) is 12.8 Å². The van der Waals surface area contributed by atoms with Crippen molar-refractivity contribution in [3.63, 3.8) is 0 Å². The molecule has 20 heavy (non-hydrogen) atoms. The Morgan fingerprint density at radius 2 is 1.90 bits per heavy atom. The van der Waals surface area contributed by atoms with Crippen LogP contribution in [0.1, 0.15) is 52.4 Å². The third-order valence-corrected chi connectivity index (χ3v) is 4.92. The molecule has 0 aromatic rings. The molecule has 116 valence electrons. The Labute approximate surface area is 126 Å². The normalized spacial score (nSPS) is 22.6. The number of carbonyl (C=O) groups is 2. The van der Waals surface area contributed by atoms with Crippen molar-refractivity contribution in [2.45, 2.75) is 63.7 Å². The molecular formula is C15H28N2O2S. The molecule has 2 atom stereocenters. The molecule has 2 unspecified atom stereocenters. The summed E-state index contributed by atoms with van der Waals surface area (Å²) in [5.41, 5.74) is 0. The largest absolute Gasteiger partial charge is 0.351 e. The Bertz CT molecular complexity index is 321. The zero-order chi connectivity index (χ0) is 15.0. The van der Waals surface area contributed by atoms with Gasteiger partial charge in [-0.25, -0.2) is 0 Å². The number of carbonyl (C=O) groups excluding carboxylic acids is 2. The SMILES string of the molecule is CSC1CCCCC1NC(=O)CNC(=O)CCC(C)C.